The highest BCUT2D eigenvalue weighted by molar-refractivity contribution is 5.55. The molecule has 0 saturated carbocycles. The number of aliphatic hydroxyl groups is 1. The molecule has 1 saturated heterocycles. The fraction of sp³-hybridized carbons (Fsp3) is 0.375. The van der Waals surface area contributed by atoms with Crippen molar-refractivity contribution in [2.45, 2.75) is 13.5 Å². The van der Waals surface area contributed by atoms with Gasteiger partial charge in [0, 0.05) is 32.7 Å². The van der Waals surface area contributed by atoms with Crippen LogP contribution in [0.2, 0.25) is 0 Å². The van der Waals surface area contributed by atoms with Crippen LogP contribution in [0.4, 0.5) is 26.2 Å². The number of piperazine rings is 1. The first-order chi connectivity index (χ1) is 17.0. The summed E-state index contributed by atoms with van der Waals surface area (Å²) in [5.41, 5.74) is 0.767. The summed E-state index contributed by atoms with van der Waals surface area (Å²) in [6.45, 7) is 5.56. The van der Waals surface area contributed by atoms with Crippen molar-refractivity contribution in [3.8, 4) is 11.5 Å². The van der Waals surface area contributed by atoms with E-state index in [1.807, 2.05) is 12.1 Å². The third kappa shape index (κ3) is 5.92. The summed E-state index contributed by atoms with van der Waals surface area (Å²) in [5, 5.41) is 12.1. The summed E-state index contributed by atoms with van der Waals surface area (Å²) in [6, 6.07) is 5.13. The molecule has 186 valence electrons. The summed E-state index contributed by atoms with van der Waals surface area (Å²) in [5.74, 6) is -0.0241. The smallest absolute Gasteiger partial charge is 0.227 e. The molecule has 1 fully saturated rings. The maximum absolute atomic E-state index is 14.4. The molecule has 11 heteroatoms. The van der Waals surface area contributed by atoms with Crippen LogP contribution in [0.1, 0.15) is 11.1 Å². The Morgan fingerprint density at radius 2 is 1.77 bits per heavy atom. The van der Waals surface area contributed by atoms with Crippen molar-refractivity contribution in [3.63, 3.8) is 0 Å². The number of anilines is 3. The number of pyridine rings is 1. The van der Waals surface area contributed by atoms with Gasteiger partial charge in [-0.15, -0.1) is 0 Å². The van der Waals surface area contributed by atoms with Gasteiger partial charge in [0.15, 0.2) is 17.3 Å². The molecule has 0 radical (unpaired) electrons. The Kier molecular flexibility index (Phi) is 7.88. The number of β-amino-alcohol motifs (C(OH)–C–C–N with tert-alkyl or cyclic N) is 1. The molecule has 0 bridgehead atoms. The quantitative estimate of drug-likeness (QED) is 0.473. The molecule has 2 aromatic heterocycles. The summed E-state index contributed by atoms with van der Waals surface area (Å²) in [6.07, 6.45) is 4.55. The van der Waals surface area contributed by atoms with E-state index in [1.54, 1.807) is 6.20 Å². The molecule has 0 atom stereocenters. The highest BCUT2D eigenvalue weighted by Crippen LogP contribution is 2.27. The lowest BCUT2D eigenvalue weighted by molar-refractivity contribution is 0.188. The fourth-order valence-electron chi connectivity index (χ4n) is 3.81. The number of aryl methyl sites for hydroxylation is 1. The van der Waals surface area contributed by atoms with Gasteiger partial charge in [-0.25, -0.2) is 23.7 Å². The average molecular weight is 487 g/mol. The standard InChI is InChI=1S/C24H28F2N6O3/c1-16-11-20(34-2)23(26)19(22(16)25)15-35-18-13-28-24(29-14-18)30-17-3-4-21(27-12-17)32-7-5-31(6-8-32)9-10-33/h3-4,11-14,33H,5-10,15H2,1-2H3,(H,28,29,30). The summed E-state index contributed by atoms with van der Waals surface area (Å²) in [4.78, 5) is 17.3. The van der Waals surface area contributed by atoms with Crippen LogP contribution in [0.5, 0.6) is 11.5 Å². The molecule has 0 unspecified atom stereocenters. The van der Waals surface area contributed by atoms with Crippen molar-refractivity contribution in [1.82, 2.24) is 19.9 Å². The highest BCUT2D eigenvalue weighted by Gasteiger charge is 2.19. The molecule has 2 N–H and O–H groups in total. The van der Waals surface area contributed by atoms with E-state index in [0.717, 1.165) is 37.7 Å². The average Bonchev–Trinajstić information content (AvgIpc) is 2.88. The van der Waals surface area contributed by atoms with E-state index in [4.69, 9.17) is 14.6 Å². The van der Waals surface area contributed by atoms with E-state index < -0.39 is 11.6 Å². The summed E-state index contributed by atoms with van der Waals surface area (Å²) in [7, 11) is 1.32. The van der Waals surface area contributed by atoms with Crippen molar-refractivity contribution < 1.29 is 23.4 Å². The third-order valence-corrected chi connectivity index (χ3v) is 5.79. The number of benzene rings is 1. The third-order valence-electron chi connectivity index (χ3n) is 5.79. The van der Waals surface area contributed by atoms with Crippen molar-refractivity contribution >= 4 is 17.5 Å². The summed E-state index contributed by atoms with van der Waals surface area (Å²) < 4.78 is 39.2. The number of methoxy groups -OCH3 is 1. The van der Waals surface area contributed by atoms with Crippen LogP contribution in [0.15, 0.2) is 36.8 Å². The zero-order valence-corrected chi connectivity index (χ0v) is 19.7. The van der Waals surface area contributed by atoms with E-state index in [1.165, 1.54) is 32.5 Å². The monoisotopic (exact) mass is 486 g/mol. The topological polar surface area (TPSA) is 95.9 Å². The van der Waals surface area contributed by atoms with Gasteiger partial charge in [0.25, 0.3) is 0 Å². The molecular formula is C24H28F2N6O3. The lowest BCUT2D eigenvalue weighted by Crippen LogP contribution is -2.47. The fourth-order valence-corrected chi connectivity index (χ4v) is 3.81. The second-order valence-corrected chi connectivity index (χ2v) is 8.12. The highest BCUT2D eigenvalue weighted by atomic mass is 19.1. The van der Waals surface area contributed by atoms with Crippen LogP contribution < -0.4 is 19.7 Å². The summed E-state index contributed by atoms with van der Waals surface area (Å²) >= 11 is 0. The molecular weight excluding hydrogens is 458 g/mol. The zero-order chi connectivity index (χ0) is 24.8. The van der Waals surface area contributed by atoms with Crippen molar-refractivity contribution in [1.29, 1.82) is 0 Å². The Hall–Kier alpha value is -3.57. The number of aromatic nitrogens is 3. The lowest BCUT2D eigenvalue weighted by atomic mass is 10.1. The minimum atomic E-state index is -0.794. The van der Waals surface area contributed by atoms with Crippen LogP contribution in [0.25, 0.3) is 0 Å². The van der Waals surface area contributed by atoms with Crippen molar-refractivity contribution in [2.24, 2.45) is 0 Å². The van der Waals surface area contributed by atoms with Crippen LogP contribution in [-0.4, -0.2) is 71.4 Å². The number of rotatable bonds is 9. The number of nitrogens with one attached hydrogen (secondary N) is 1. The largest absolute Gasteiger partial charge is 0.494 e. The zero-order valence-electron chi connectivity index (χ0n) is 19.7. The predicted molar refractivity (Wildman–Crippen MR) is 127 cm³/mol. The molecule has 3 heterocycles. The van der Waals surface area contributed by atoms with Gasteiger partial charge in [-0.1, -0.05) is 0 Å². The Bertz CT molecular complexity index is 1120. The first kappa shape index (κ1) is 24.6. The number of nitrogens with zero attached hydrogens (tertiary/aromatic N) is 5. The van der Waals surface area contributed by atoms with Crippen molar-refractivity contribution in [2.75, 3.05) is 56.7 Å². The molecule has 0 amide bonds. The lowest BCUT2D eigenvalue weighted by Gasteiger charge is -2.35. The van der Waals surface area contributed by atoms with Crippen molar-refractivity contribution in [3.05, 3.63) is 59.6 Å². The number of ether oxygens (including phenoxy) is 2. The molecule has 9 nitrogen and oxygen atoms in total. The molecule has 0 aliphatic carbocycles. The van der Waals surface area contributed by atoms with Gasteiger partial charge >= 0.3 is 0 Å². The number of hydrogen-bond acceptors (Lipinski definition) is 9. The van der Waals surface area contributed by atoms with E-state index in [9.17, 15) is 8.78 Å². The Balaban J connectivity index is 1.33. The molecule has 1 aliphatic rings. The van der Waals surface area contributed by atoms with Crippen LogP contribution in [0, 0.1) is 18.6 Å². The normalized spacial score (nSPS) is 14.1. The minimum absolute atomic E-state index is 0.0399. The van der Waals surface area contributed by atoms with Crippen LogP contribution in [-0.2, 0) is 6.61 Å². The van der Waals surface area contributed by atoms with Gasteiger partial charge in [0.05, 0.1) is 43.6 Å². The first-order valence-electron chi connectivity index (χ1n) is 11.3. The number of halogens is 2. The van der Waals surface area contributed by atoms with E-state index in [-0.39, 0.29) is 35.8 Å². The Labute approximate surface area is 202 Å². The minimum Gasteiger partial charge on any atom is -0.494 e. The van der Waals surface area contributed by atoms with Gasteiger partial charge in [0.1, 0.15) is 18.2 Å². The first-order valence-corrected chi connectivity index (χ1v) is 11.3. The van der Waals surface area contributed by atoms with Gasteiger partial charge in [-0.3, -0.25) is 4.90 Å². The van der Waals surface area contributed by atoms with E-state index in [0.29, 0.717) is 12.5 Å². The SMILES string of the molecule is COc1cc(C)c(F)c(COc2cnc(Nc3ccc(N4CCN(CCO)CC4)nc3)nc2)c1F. The molecule has 4 rings (SSSR count). The molecule has 35 heavy (non-hydrogen) atoms. The number of aliphatic hydroxyl groups excluding tert-OH is 1. The van der Waals surface area contributed by atoms with E-state index >= 15 is 0 Å². The van der Waals surface area contributed by atoms with Gasteiger partial charge in [-0.2, -0.15) is 0 Å². The maximum Gasteiger partial charge on any atom is 0.227 e. The van der Waals surface area contributed by atoms with Gasteiger partial charge in [0.2, 0.25) is 5.95 Å². The molecule has 0 spiro atoms. The molecule has 3 aromatic rings. The number of hydrogen-bond donors (Lipinski definition) is 2. The molecule has 1 aromatic carbocycles. The second kappa shape index (κ2) is 11.2. The predicted octanol–water partition coefficient (Wildman–Crippen LogP) is 2.90. The molecule has 1 aliphatic heterocycles. The van der Waals surface area contributed by atoms with Gasteiger partial charge in [-0.05, 0) is 30.7 Å². The van der Waals surface area contributed by atoms with Gasteiger partial charge < -0.3 is 24.8 Å². The Morgan fingerprint density at radius 3 is 2.40 bits per heavy atom. The maximum atomic E-state index is 14.4. The Morgan fingerprint density at radius 1 is 1.03 bits per heavy atom. The van der Waals surface area contributed by atoms with Crippen LogP contribution >= 0.6 is 0 Å². The second-order valence-electron chi connectivity index (χ2n) is 8.12. The van der Waals surface area contributed by atoms with Crippen LogP contribution in [0.3, 0.4) is 0 Å². The van der Waals surface area contributed by atoms with E-state index in [2.05, 4.69) is 30.1 Å².